The molecule has 0 spiro atoms. The van der Waals surface area contributed by atoms with E-state index in [0.29, 0.717) is 26.9 Å². The molecule has 0 aliphatic rings. The maximum absolute atomic E-state index is 13.3. The number of aryl methyl sites for hydroxylation is 1. The Morgan fingerprint density at radius 1 is 1.17 bits per heavy atom. The maximum Gasteiger partial charge on any atom is 0.341 e. The molecule has 1 heterocycles. The van der Waals surface area contributed by atoms with E-state index in [9.17, 15) is 14.0 Å². The molecule has 0 aliphatic carbocycles. The molecule has 0 saturated carbocycles. The Labute approximate surface area is 182 Å². The van der Waals surface area contributed by atoms with E-state index in [2.05, 4.69) is 5.32 Å². The molecule has 1 amide bonds. The first kappa shape index (κ1) is 21.8. The summed E-state index contributed by atoms with van der Waals surface area (Å²) in [7, 11) is 1.26. The summed E-state index contributed by atoms with van der Waals surface area (Å²) in [5.74, 6) is -0.881. The van der Waals surface area contributed by atoms with Crippen molar-refractivity contribution in [3.8, 4) is 16.9 Å². The monoisotopic (exact) mass is 447 g/mol. The van der Waals surface area contributed by atoms with Crippen molar-refractivity contribution < 1.29 is 23.5 Å². The Balaban J connectivity index is 1.83. The Morgan fingerprint density at radius 3 is 2.50 bits per heavy atom. The standard InChI is InChI=1S/C22H19ClFNO4S/c1-12-10-15(23)6-9-18(12)29-13(2)20(26)25-21-19(22(27)28-3)17(11-30-21)14-4-7-16(24)8-5-14/h4-11,13H,1-3H3,(H,25,26). The zero-order valence-corrected chi connectivity index (χ0v) is 18.1. The van der Waals surface area contributed by atoms with Crippen molar-refractivity contribution in [2.24, 2.45) is 0 Å². The second-order valence-corrected chi connectivity index (χ2v) is 7.83. The first-order valence-electron chi connectivity index (χ1n) is 8.99. The third-order valence-corrected chi connectivity index (χ3v) is 5.51. The van der Waals surface area contributed by atoms with E-state index in [1.807, 2.05) is 6.92 Å². The van der Waals surface area contributed by atoms with Crippen LogP contribution in [0.4, 0.5) is 9.39 Å². The lowest BCUT2D eigenvalue weighted by Gasteiger charge is -2.16. The van der Waals surface area contributed by atoms with Gasteiger partial charge >= 0.3 is 5.97 Å². The first-order valence-corrected chi connectivity index (χ1v) is 10.2. The van der Waals surface area contributed by atoms with Crippen LogP contribution in [-0.4, -0.2) is 25.1 Å². The van der Waals surface area contributed by atoms with Gasteiger partial charge in [0.2, 0.25) is 0 Å². The van der Waals surface area contributed by atoms with Gasteiger partial charge in [0, 0.05) is 16.0 Å². The van der Waals surface area contributed by atoms with E-state index in [-0.39, 0.29) is 11.4 Å². The van der Waals surface area contributed by atoms with Crippen LogP contribution in [0.2, 0.25) is 5.02 Å². The second kappa shape index (κ2) is 9.28. The minimum atomic E-state index is -0.827. The van der Waals surface area contributed by atoms with Gasteiger partial charge in [0.1, 0.15) is 22.1 Å². The number of ether oxygens (including phenoxy) is 2. The van der Waals surface area contributed by atoms with E-state index >= 15 is 0 Å². The molecule has 0 aliphatic heterocycles. The van der Waals surface area contributed by atoms with Crippen LogP contribution in [0.5, 0.6) is 5.75 Å². The van der Waals surface area contributed by atoms with Crippen molar-refractivity contribution in [2.75, 3.05) is 12.4 Å². The molecule has 3 aromatic rings. The van der Waals surface area contributed by atoms with Gasteiger partial charge in [-0.3, -0.25) is 4.79 Å². The predicted octanol–water partition coefficient (Wildman–Crippen LogP) is 5.71. The van der Waals surface area contributed by atoms with E-state index in [1.165, 1.54) is 30.6 Å². The van der Waals surface area contributed by atoms with Crippen LogP contribution < -0.4 is 10.1 Å². The maximum atomic E-state index is 13.3. The molecule has 1 atom stereocenters. The number of benzene rings is 2. The number of thiophene rings is 1. The van der Waals surface area contributed by atoms with E-state index in [4.69, 9.17) is 21.1 Å². The van der Waals surface area contributed by atoms with Gasteiger partial charge in [-0.05, 0) is 55.3 Å². The summed E-state index contributed by atoms with van der Waals surface area (Å²) in [6.45, 7) is 3.44. The number of carbonyl (C=O) groups is 2. The molecule has 0 bridgehead atoms. The molecule has 5 nitrogen and oxygen atoms in total. The van der Waals surface area contributed by atoms with Gasteiger partial charge in [0.15, 0.2) is 6.10 Å². The smallest absolute Gasteiger partial charge is 0.341 e. The summed E-state index contributed by atoms with van der Waals surface area (Å²) < 4.78 is 23.9. The number of rotatable bonds is 6. The molecule has 2 aromatic carbocycles. The number of anilines is 1. The van der Waals surface area contributed by atoms with Crippen molar-refractivity contribution in [3.05, 3.63) is 69.8 Å². The molecule has 1 unspecified atom stereocenters. The third-order valence-electron chi connectivity index (χ3n) is 4.38. The highest BCUT2D eigenvalue weighted by molar-refractivity contribution is 7.15. The van der Waals surface area contributed by atoms with Crippen molar-refractivity contribution in [1.29, 1.82) is 0 Å². The predicted molar refractivity (Wildman–Crippen MR) is 116 cm³/mol. The normalized spacial score (nSPS) is 11.6. The highest BCUT2D eigenvalue weighted by atomic mass is 35.5. The molecule has 156 valence electrons. The quantitative estimate of drug-likeness (QED) is 0.491. The Morgan fingerprint density at radius 2 is 1.87 bits per heavy atom. The summed E-state index contributed by atoms with van der Waals surface area (Å²) in [6, 6.07) is 10.8. The van der Waals surface area contributed by atoms with Crippen LogP contribution in [-0.2, 0) is 9.53 Å². The van der Waals surface area contributed by atoms with Crippen molar-refractivity contribution in [1.82, 2.24) is 0 Å². The summed E-state index contributed by atoms with van der Waals surface area (Å²) in [5.41, 5.74) is 2.18. The Kier molecular flexibility index (Phi) is 6.74. The van der Waals surface area contributed by atoms with Crippen molar-refractivity contribution >= 4 is 39.8 Å². The first-order chi connectivity index (χ1) is 14.3. The molecule has 1 aromatic heterocycles. The molecule has 0 fully saturated rings. The number of halogens is 2. The fourth-order valence-electron chi connectivity index (χ4n) is 2.80. The molecule has 30 heavy (non-hydrogen) atoms. The summed E-state index contributed by atoms with van der Waals surface area (Å²) in [5, 5.41) is 5.35. The number of carbonyl (C=O) groups excluding carboxylic acids is 2. The van der Waals surface area contributed by atoms with Crippen LogP contribution >= 0.6 is 22.9 Å². The summed E-state index contributed by atoms with van der Waals surface area (Å²) >= 11 is 7.12. The van der Waals surface area contributed by atoms with Gasteiger partial charge in [0.25, 0.3) is 5.91 Å². The van der Waals surface area contributed by atoms with Gasteiger partial charge in [0.05, 0.1) is 7.11 Å². The van der Waals surface area contributed by atoms with Gasteiger partial charge in [-0.2, -0.15) is 0 Å². The average molecular weight is 448 g/mol. The number of nitrogens with one attached hydrogen (secondary N) is 1. The highest BCUT2D eigenvalue weighted by Crippen LogP contribution is 2.36. The number of hydrogen-bond acceptors (Lipinski definition) is 5. The molecule has 0 saturated heterocycles. The number of esters is 1. The van der Waals surface area contributed by atoms with Gasteiger partial charge in [-0.15, -0.1) is 11.3 Å². The molecular formula is C22H19ClFNO4S. The highest BCUT2D eigenvalue weighted by Gasteiger charge is 2.24. The molecular weight excluding hydrogens is 429 g/mol. The Bertz CT molecular complexity index is 1080. The van der Waals surface area contributed by atoms with E-state index < -0.39 is 18.0 Å². The fourth-order valence-corrected chi connectivity index (χ4v) is 3.99. The Hall–Kier alpha value is -2.90. The SMILES string of the molecule is COC(=O)c1c(-c2ccc(F)cc2)csc1NC(=O)C(C)Oc1ccc(Cl)cc1C. The number of hydrogen-bond donors (Lipinski definition) is 1. The second-order valence-electron chi connectivity index (χ2n) is 6.51. The van der Waals surface area contributed by atoms with Crippen LogP contribution in [0.15, 0.2) is 47.8 Å². The van der Waals surface area contributed by atoms with Crippen molar-refractivity contribution in [2.45, 2.75) is 20.0 Å². The average Bonchev–Trinajstić information content (AvgIpc) is 3.13. The lowest BCUT2D eigenvalue weighted by Crippen LogP contribution is -2.30. The van der Waals surface area contributed by atoms with Gasteiger partial charge < -0.3 is 14.8 Å². The lowest BCUT2D eigenvalue weighted by molar-refractivity contribution is -0.122. The summed E-state index contributed by atoms with van der Waals surface area (Å²) in [6.07, 6.45) is -0.827. The van der Waals surface area contributed by atoms with E-state index in [0.717, 1.165) is 5.56 Å². The van der Waals surface area contributed by atoms with Crippen LogP contribution in [0.1, 0.15) is 22.8 Å². The fraction of sp³-hybridized carbons (Fsp3) is 0.182. The largest absolute Gasteiger partial charge is 0.481 e. The molecule has 0 radical (unpaired) electrons. The molecule has 1 N–H and O–H groups in total. The molecule has 3 rings (SSSR count). The molecule has 8 heteroatoms. The number of amides is 1. The minimum absolute atomic E-state index is 0.206. The van der Waals surface area contributed by atoms with Crippen molar-refractivity contribution in [3.63, 3.8) is 0 Å². The minimum Gasteiger partial charge on any atom is -0.481 e. The van der Waals surface area contributed by atoms with Crippen LogP contribution in [0, 0.1) is 12.7 Å². The zero-order valence-electron chi connectivity index (χ0n) is 16.5. The zero-order chi connectivity index (χ0) is 21.8. The topological polar surface area (TPSA) is 64.6 Å². The third kappa shape index (κ3) is 4.80. The van der Waals surface area contributed by atoms with Gasteiger partial charge in [-0.25, -0.2) is 9.18 Å². The summed E-state index contributed by atoms with van der Waals surface area (Å²) in [4.78, 5) is 25.1. The van der Waals surface area contributed by atoms with Crippen LogP contribution in [0.3, 0.4) is 0 Å². The van der Waals surface area contributed by atoms with Gasteiger partial charge in [-0.1, -0.05) is 23.7 Å². The lowest BCUT2D eigenvalue weighted by atomic mass is 10.0. The van der Waals surface area contributed by atoms with Crippen LogP contribution in [0.25, 0.3) is 11.1 Å². The number of methoxy groups -OCH3 is 1. The van der Waals surface area contributed by atoms with E-state index in [1.54, 1.807) is 42.6 Å².